The van der Waals surface area contributed by atoms with Gasteiger partial charge in [-0.1, -0.05) is 36.9 Å². The minimum atomic E-state index is -0.398. The maximum atomic E-state index is 13.6. The SMILES string of the molecule is C=C(/C=C\C(F)=C/C)Nc1c2c(nn1Cc1ccc(C(C)=O)cc1)N1CC(C)(C)N=C1N(C)C2=O. The van der Waals surface area contributed by atoms with E-state index >= 15 is 0 Å². The maximum Gasteiger partial charge on any atom is 0.267 e. The van der Waals surface area contributed by atoms with Crippen molar-refractivity contribution in [1.82, 2.24) is 14.7 Å². The molecule has 0 saturated heterocycles. The zero-order chi connectivity index (χ0) is 25.5. The topological polar surface area (TPSA) is 82.8 Å². The van der Waals surface area contributed by atoms with Crippen LogP contribution in [0.3, 0.4) is 0 Å². The fourth-order valence-electron chi connectivity index (χ4n) is 4.07. The summed E-state index contributed by atoms with van der Waals surface area (Å²) in [7, 11) is 1.69. The number of guanidine groups is 1. The highest BCUT2D eigenvalue weighted by atomic mass is 19.1. The standard InChI is InChI=1S/C26H29FN6O2/c1-7-20(27)13-8-16(2)28-22-21-23(32-15-26(4,5)29-25(32)31(6)24(21)35)30-33(22)14-18-9-11-19(12-10-18)17(3)34/h7-13,28H,2,14-15H2,1,3-6H3/b13-8-,20-7+. The number of benzene rings is 1. The number of hydrogen-bond acceptors (Lipinski definition) is 6. The summed E-state index contributed by atoms with van der Waals surface area (Å²) in [5.41, 5.74) is 1.94. The lowest BCUT2D eigenvalue weighted by Crippen LogP contribution is -2.48. The minimum Gasteiger partial charge on any atom is -0.340 e. The van der Waals surface area contributed by atoms with Gasteiger partial charge in [-0.15, -0.1) is 0 Å². The Labute approximate surface area is 204 Å². The molecule has 2 aromatic rings. The van der Waals surface area contributed by atoms with Gasteiger partial charge in [0, 0.05) is 18.3 Å². The fourth-order valence-corrected chi connectivity index (χ4v) is 4.07. The Balaban J connectivity index is 1.78. The lowest BCUT2D eigenvalue weighted by Gasteiger charge is -2.30. The van der Waals surface area contributed by atoms with Crippen molar-refractivity contribution in [2.45, 2.75) is 39.8 Å². The molecule has 3 heterocycles. The molecular formula is C26H29FN6O2. The average Bonchev–Trinajstić information content (AvgIpc) is 3.33. The van der Waals surface area contributed by atoms with Gasteiger partial charge in [0.2, 0.25) is 5.96 Å². The number of aliphatic imine (C=N–C) groups is 1. The second kappa shape index (κ2) is 8.98. The van der Waals surface area contributed by atoms with E-state index in [9.17, 15) is 14.0 Å². The van der Waals surface area contributed by atoms with Crippen molar-refractivity contribution >= 4 is 29.3 Å². The lowest BCUT2D eigenvalue weighted by atomic mass is 10.1. The Hall–Kier alpha value is -4.01. The number of fused-ring (bicyclic) bond motifs is 3. The monoisotopic (exact) mass is 476 g/mol. The first kappa shape index (κ1) is 24.1. The maximum absolute atomic E-state index is 13.6. The third-order valence-electron chi connectivity index (χ3n) is 5.89. The van der Waals surface area contributed by atoms with Gasteiger partial charge in [-0.3, -0.25) is 19.4 Å². The van der Waals surface area contributed by atoms with Gasteiger partial charge < -0.3 is 5.32 Å². The van der Waals surface area contributed by atoms with Crippen LogP contribution in [-0.2, 0) is 6.54 Å². The Morgan fingerprint density at radius 3 is 2.57 bits per heavy atom. The quantitative estimate of drug-likeness (QED) is 0.469. The molecule has 182 valence electrons. The third-order valence-corrected chi connectivity index (χ3v) is 5.89. The molecule has 1 N–H and O–H groups in total. The van der Waals surface area contributed by atoms with Crippen LogP contribution < -0.4 is 10.2 Å². The van der Waals surface area contributed by atoms with Gasteiger partial charge in [0.25, 0.3) is 5.91 Å². The van der Waals surface area contributed by atoms with E-state index in [0.29, 0.717) is 47.5 Å². The molecule has 9 heteroatoms. The number of anilines is 2. The molecule has 0 saturated carbocycles. The molecule has 8 nitrogen and oxygen atoms in total. The molecule has 1 aromatic carbocycles. The van der Waals surface area contributed by atoms with Gasteiger partial charge in [0.15, 0.2) is 11.6 Å². The van der Waals surface area contributed by atoms with Crippen LogP contribution in [0.1, 0.15) is 54.0 Å². The first-order valence-corrected chi connectivity index (χ1v) is 11.3. The van der Waals surface area contributed by atoms with Crippen LogP contribution >= 0.6 is 0 Å². The van der Waals surface area contributed by atoms with E-state index in [1.54, 1.807) is 30.8 Å². The molecule has 4 rings (SSSR count). The predicted molar refractivity (Wildman–Crippen MR) is 135 cm³/mol. The van der Waals surface area contributed by atoms with Crippen molar-refractivity contribution in [1.29, 1.82) is 0 Å². The molecular weight excluding hydrogens is 447 g/mol. The van der Waals surface area contributed by atoms with Crippen LogP contribution in [-0.4, -0.2) is 51.5 Å². The first-order valence-electron chi connectivity index (χ1n) is 11.3. The van der Waals surface area contributed by atoms with Crippen molar-refractivity contribution < 1.29 is 14.0 Å². The van der Waals surface area contributed by atoms with E-state index in [4.69, 9.17) is 10.1 Å². The second-order valence-corrected chi connectivity index (χ2v) is 9.29. The smallest absolute Gasteiger partial charge is 0.267 e. The van der Waals surface area contributed by atoms with E-state index in [1.165, 1.54) is 30.1 Å². The number of rotatable bonds is 7. The number of halogens is 1. The molecule has 35 heavy (non-hydrogen) atoms. The summed E-state index contributed by atoms with van der Waals surface area (Å²) in [5.74, 6) is 0.865. The van der Waals surface area contributed by atoms with Crippen molar-refractivity contribution in [2.24, 2.45) is 4.99 Å². The first-order chi connectivity index (χ1) is 16.5. The van der Waals surface area contributed by atoms with E-state index in [0.717, 1.165) is 5.56 Å². The van der Waals surface area contributed by atoms with Gasteiger partial charge in [0.1, 0.15) is 17.2 Å². The zero-order valence-electron chi connectivity index (χ0n) is 20.6. The summed E-state index contributed by atoms with van der Waals surface area (Å²) < 4.78 is 15.3. The summed E-state index contributed by atoms with van der Waals surface area (Å²) >= 11 is 0. The van der Waals surface area contributed by atoms with Crippen LogP contribution in [0.2, 0.25) is 0 Å². The molecule has 1 aromatic heterocycles. The molecule has 0 unspecified atom stereocenters. The highest BCUT2D eigenvalue weighted by Crippen LogP contribution is 2.38. The van der Waals surface area contributed by atoms with Crippen LogP contribution in [0.5, 0.6) is 0 Å². The molecule has 0 fully saturated rings. The van der Waals surface area contributed by atoms with Crippen LogP contribution in [0, 0.1) is 0 Å². The molecule has 0 bridgehead atoms. The van der Waals surface area contributed by atoms with Crippen molar-refractivity contribution in [2.75, 3.05) is 23.8 Å². The Morgan fingerprint density at radius 1 is 1.26 bits per heavy atom. The number of nitrogens with zero attached hydrogens (tertiary/aromatic N) is 5. The van der Waals surface area contributed by atoms with Crippen LogP contribution in [0.25, 0.3) is 0 Å². The van der Waals surface area contributed by atoms with E-state index in [2.05, 4.69) is 11.9 Å². The zero-order valence-corrected chi connectivity index (χ0v) is 20.6. The van der Waals surface area contributed by atoms with Crippen molar-refractivity contribution in [3.63, 3.8) is 0 Å². The summed E-state index contributed by atoms with van der Waals surface area (Å²) in [6, 6.07) is 7.25. The number of carbonyl (C=O) groups excluding carboxylic acids is 2. The normalized spacial score (nSPS) is 16.9. The van der Waals surface area contributed by atoms with Crippen molar-refractivity contribution in [3.8, 4) is 0 Å². The molecule has 2 aliphatic rings. The average molecular weight is 477 g/mol. The molecule has 0 atom stereocenters. The van der Waals surface area contributed by atoms with Gasteiger partial charge in [0.05, 0.1) is 18.6 Å². The molecule has 1 amide bonds. The number of amides is 1. The Kier molecular flexibility index (Phi) is 6.19. The second-order valence-electron chi connectivity index (χ2n) is 9.29. The minimum absolute atomic E-state index is 0.0120. The fraction of sp³-hybridized carbons (Fsp3) is 0.308. The summed E-state index contributed by atoms with van der Waals surface area (Å²) in [4.78, 5) is 33.3. The predicted octanol–water partition coefficient (Wildman–Crippen LogP) is 4.53. The molecule has 0 radical (unpaired) electrons. The van der Waals surface area contributed by atoms with Crippen LogP contribution in [0.4, 0.5) is 16.0 Å². The van der Waals surface area contributed by atoms with Gasteiger partial charge in [-0.25, -0.2) is 14.1 Å². The number of Topliss-reactive ketones (excluding diaryl/α,β-unsaturated/α-hetero) is 1. The third kappa shape index (κ3) is 4.66. The van der Waals surface area contributed by atoms with Crippen LogP contribution in [0.15, 0.2) is 65.6 Å². The van der Waals surface area contributed by atoms with E-state index in [1.807, 2.05) is 30.9 Å². The highest BCUT2D eigenvalue weighted by molar-refractivity contribution is 6.20. The van der Waals surface area contributed by atoms with Crippen molar-refractivity contribution in [3.05, 3.63) is 77.3 Å². The molecule has 2 aliphatic heterocycles. The number of allylic oxidation sites excluding steroid dienone is 4. The van der Waals surface area contributed by atoms with E-state index in [-0.39, 0.29) is 17.2 Å². The van der Waals surface area contributed by atoms with Gasteiger partial charge in [-0.05, 0) is 45.4 Å². The lowest BCUT2D eigenvalue weighted by molar-refractivity contribution is 0.0866. The van der Waals surface area contributed by atoms with Gasteiger partial charge >= 0.3 is 0 Å². The summed E-state index contributed by atoms with van der Waals surface area (Å²) in [5, 5.41) is 7.95. The number of hydrogen-bond donors (Lipinski definition) is 1. The molecule has 0 aliphatic carbocycles. The molecule has 0 spiro atoms. The summed E-state index contributed by atoms with van der Waals surface area (Å²) in [6.07, 6.45) is 4.14. The number of ketones is 1. The number of aromatic nitrogens is 2. The highest BCUT2D eigenvalue weighted by Gasteiger charge is 2.45. The van der Waals surface area contributed by atoms with Gasteiger partial charge in [-0.2, -0.15) is 5.10 Å². The summed E-state index contributed by atoms with van der Waals surface area (Å²) in [6.45, 7) is 12.0. The Morgan fingerprint density at radius 2 is 1.94 bits per heavy atom. The van der Waals surface area contributed by atoms with E-state index < -0.39 is 5.83 Å². The number of nitrogens with one attached hydrogen (secondary N) is 1. The Bertz CT molecular complexity index is 1300. The largest absolute Gasteiger partial charge is 0.340 e. The number of carbonyl (C=O) groups is 2.